The number of aromatic nitrogens is 2. The van der Waals surface area contributed by atoms with E-state index in [1.165, 1.54) is 30.1 Å². The van der Waals surface area contributed by atoms with Gasteiger partial charge in [-0.3, -0.25) is 14.3 Å². The van der Waals surface area contributed by atoms with Gasteiger partial charge in [0, 0.05) is 31.7 Å². The molecule has 1 aromatic carbocycles. The van der Waals surface area contributed by atoms with Crippen LogP contribution in [0.1, 0.15) is 22.8 Å². The Bertz CT molecular complexity index is 977. The predicted octanol–water partition coefficient (Wildman–Crippen LogP) is 1.51. The molecule has 0 atom stereocenters. The molecule has 8 nitrogen and oxygen atoms in total. The molecule has 2 aromatic rings. The number of hydrogen-bond acceptors (Lipinski definition) is 6. The van der Waals surface area contributed by atoms with Crippen molar-refractivity contribution in [2.24, 2.45) is 0 Å². The third-order valence-electron chi connectivity index (χ3n) is 3.64. The molecule has 0 aliphatic heterocycles. The molecule has 1 aromatic heterocycles. The van der Waals surface area contributed by atoms with Crippen LogP contribution in [0.25, 0.3) is 0 Å². The van der Waals surface area contributed by atoms with Crippen LogP contribution in [-0.4, -0.2) is 50.6 Å². The van der Waals surface area contributed by atoms with Crippen molar-refractivity contribution >= 4 is 27.2 Å². The Balaban J connectivity index is 2.56. The van der Waals surface area contributed by atoms with E-state index in [2.05, 4.69) is 5.10 Å². The third-order valence-corrected chi connectivity index (χ3v) is 5.14. The van der Waals surface area contributed by atoms with Crippen LogP contribution in [0.2, 0.25) is 5.02 Å². The lowest BCUT2D eigenvalue weighted by molar-refractivity contribution is 0.103. The summed E-state index contributed by atoms with van der Waals surface area (Å²) in [6.45, 7) is 2.37. The van der Waals surface area contributed by atoms with Gasteiger partial charge in [0.05, 0.1) is 11.6 Å². The van der Waals surface area contributed by atoms with Gasteiger partial charge < -0.3 is 14.6 Å². The van der Waals surface area contributed by atoms with Crippen LogP contribution in [0.5, 0.6) is 5.75 Å². The largest absolute Gasteiger partial charge is 0.488 e. The number of sulfone groups is 1. The van der Waals surface area contributed by atoms with Crippen molar-refractivity contribution in [1.29, 1.82) is 0 Å². The molecule has 2 rings (SSSR count). The fourth-order valence-corrected chi connectivity index (χ4v) is 3.49. The first-order valence-electron chi connectivity index (χ1n) is 7.69. The minimum atomic E-state index is -3.64. The molecule has 26 heavy (non-hydrogen) atoms. The summed E-state index contributed by atoms with van der Waals surface area (Å²) in [6, 6.07) is 2.51. The summed E-state index contributed by atoms with van der Waals surface area (Å²) in [5.41, 5.74) is -0.600. The number of ether oxygens (including phenoxy) is 2. The van der Waals surface area contributed by atoms with Gasteiger partial charge in [-0.2, -0.15) is 0 Å². The zero-order valence-corrected chi connectivity index (χ0v) is 16.1. The first kappa shape index (κ1) is 20.2. The van der Waals surface area contributed by atoms with E-state index in [0.717, 1.165) is 6.26 Å². The van der Waals surface area contributed by atoms with E-state index in [9.17, 15) is 18.0 Å². The van der Waals surface area contributed by atoms with Gasteiger partial charge in [0.2, 0.25) is 5.78 Å². The highest BCUT2D eigenvalue weighted by atomic mass is 35.5. The van der Waals surface area contributed by atoms with E-state index in [1.54, 1.807) is 6.92 Å². The molecule has 0 amide bonds. The Morgan fingerprint density at radius 1 is 1.27 bits per heavy atom. The first-order valence-corrected chi connectivity index (χ1v) is 9.96. The lowest BCUT2D eigenvalue weighted by Crippen LogP contribution is -2.21. The molecule has 0 aliphatic carbocycles. The number of ketones is 1. The molecular formula is C16H19ClN2O6S. The van der Waals surface area contributed by atoms with Crippen molar-refractivity contribution in [3.8, 4) is 5.75 Å². The molecule has 0 unspecified atom stereocenters. The van der Waals surface area contributed by atoms with Crippen molar-refractivity contribution in [3.63, 3.8) is 0 Å². The quantitative estimate of drug-likeness (QED) is 0.529. The molecule has 0 spiro atoms. The average Bonchev–Trinajstić information content (AvgIpc) is 2.95. The molecule has 1 heterocycles. The second-order valence-corrected chi connectivity index (χ2v) is 7.80. The smallest absolute Gasteiger partial charge is 0.277 e. The average molecular weight is 403 g/mol. The summed E-state index contributed by atoms with van der Waals surface area (Å²) in [4.78, 5) is 24.7. The molecule has 0 bridgehead atoms. The van der Waals surface area contributed by atoms with Crippen LogP contribution in [0, 0.1) is 0 Å². The van der Waals surface area contributed by atoms with Crippen molar-refractivity contribution in [3.05, 3.63) is 44.8 Å². The molecule has 0 radical (unpaired) electrons. The molecule has 1 N–H and O–H groups in total. The monoisotopic (exact) mass is 402 g/mol. The van der Waals surface area contributed by atoms with Crippen molar-refractivity contribution in [1.82, 2.24) is 9.78 Å². The number of nitrogens with one attached hydrogen (secondary N) is 1. The molecule has 0 saturated heterocycles. The summed E-state index contributed by atoms with van der Waals surface area (Å²) in [6.07, 6.45) is 2.30. The number of aromatic amines is 1. The fraction of sp³-hybridized carbons (Fsp3) is 0.375. The van der Waals surface area contributed by atoms with Crippen molar-refractivity contribution < 1.29 is 22.7 Å². The van der Waals surface area contributed by atoms with Crippen molar-refractivity contribution in [2.75, 3.05) is 26.6 Å². The van der Waals surface area contributed by atoms with Crippen LogP contribution in [0.3, 0.4) is 0 Å². The minimum absolute atomic E-state index is 0.0224. The maximum atomic E-state index is 12.7. The number of rotatable bonds is 8. The summed E-state index contributed by atoms with van der Waals surface area (Å²) < 4.78 is 35.5. The van der Waals surface area contributed by atoms with Gasteiger partial charge in [-0.05, 0) is 19.1 Å². The Hall–Kier alpha value is -2.10. The Morgan fingerprint density at radius 2 is 1.96 bits per heavy atom. The second-order valence-electron chi connectivity index (χ2n) is 5.43. The van der Waals surface area contributed by atoms with Gasteiger partial charge in [-0.25, -0.2) is 8.42 Å². The maximum Gasteiger partial charge on any atom is 0.277 e. The summed E-state index contributed by atoms with van der Waals surface area (Å²) >= 11 is 6.27. The number of nitrogens with zero attached hydrogens (tertiary/aromatic N) is 1. The summed E-state index contributed by atoms with van der Waals surface area (Å²) in [5, 5.41) is 2.51. The molecule has 0 fully saturated rings. The minimum Gasteiger partial charge on any atom is -0.488 e. The Morgan fingerprint density at radius 3 is 2.50 bits per heavy atom. The van der Waals surface area contributed by atoms with E-state index in [-0.39, 0.29) is 40.0 Å². The first-order chi connectivity index (χ1) is 12.2. The number of hydrogen-bond donors (Lipinski definition) is 1. The molecular weight excluding hydrogens is 384 g/mol. The Kier molecular flexibility index (Phi) is 6.27. The summed E-state index contributed by atoms with van der Waals surface area (Å²) in [5.74, 6) is -0.761. The van der Waals surface area contributed by atoms with Crippen molar-refractivity contribution in [2.45, 2.75) is 18.4 Å². The predicted molar refractivity (Wildman–Crippen MR) is 96.1 cm³/mol. The Labute approximate surface area is 155 Å². The fourth-order valence-electron chi connectivity index (χ4n) is 2.32. The van der Waals surface area contributed by atoms with Gasteiger partial charge >= 0.3 is 0 Å². The number of carbonyl (C=O) groups excluding carboxylic acids is 1. The van der Waals surface area contributed by atoms with Crippen LogP contribution in [0.4, 0.5) is 0 Å². The molecule has 142 valence electrons. The number of methoxy groups -OCH3 is 1. The number of H-pyrrole nitrogens is 1. The van der Waals surface area contributed by atoms with E-state index in [4.69, 9.17) is 21.1 Å². The highest BCUT2D eigenvalue weighted by molar-refractivity contribution is 7.90. The summed E-state index contributed by atoms with van der Waals surface area (Å²) in [7, 11) is -2.18. The van der Waals surface area contributed by atoms with Gasteiger partial charge in [0.25, 0.3) is 5.56 Å². The topological polar surface area (TPSA) is 107 Å². The maximum absolute atomic E-state index is 12.7. The highest BCUT2D eigenvalue weighted by Crippen LogP contribution is 2.36. The second kappa shape index (κ2) is 8.07. The van der Waals surface area contributed by atoms with Gasteiger partial charge in [-0.15, -0.1) is 0 Å². The lowest BCUT2D eigenvalue weighted by Gasteiger charge is -2.14. The SMILES string of the molecule is CCn1[nH]cc(C(=O)c2ccc(S(C)(=O)=O)c(OCCOC)c2Cl)c1=O. The molecule has 0 aliphatic rings. The van der Waals surface area contributed by atoms with E-state index in [0.29, 0.717) is 6.54 Å². The number of benzene rings is 1. The number of carbonyl (C=O) groups is 1. The molecule has 10 heteroatoms. The van der Waals surface area contributed by atoms with Gasteiger partial charge in [0.1, 0.15) is 17.1 Å². The van der Waals surface area contributed by atoms with E-state index < -0.39 is 21.2 Å². The zero-order chi connectivity index (χ0) is 19.5. The van der Waals surface area contributed by atoms with Crippen LogP contribution >= 0.6 is 11.6 Å². The molecule has 0 saturated carbocycles. The van der Waals surface area contributed by atoms with Crippen LogP contribution in [-0.2, 0) is 21.1 Å². The third kappa shape index (κ3) is 4.00. The van der Waals surface area contributed by atoms with E-state index >= 15 is 0 Å². The normalized spacial score (nSPS) is 11.5. The zero-order valence-electron chi connectivity index (χ0n) is 14.5. The van der Waals surface area contributed by atoms with Crippen LogP contribution in [0.15, 0.2) is 28.0 Å². The van der Waals surface area contributed by atoms with Gasteiger partial charge in [0.15, 0.2) is 15.6 Å². The van der Waals surface area contributed by atoms with Crippen LogP contribution < -0.4 is 10.3 Å². The standard InChI is InChI=1S/C16H19ClN2O6S/c1-4-19-16(21)11(9-18-19)14(20)10-5-6-12(26(3,22)23)15(13(10)17)25-8-7-24-2/h5-6,9,18H,4,7-8H2,1-3H3. The van der Waals surface area contributed by atoms with E-state index in [1.807, 2.05) is 0 Å². The highest BCUT2D eigenvalue weighted by Gasteiger charge is 2.25. The lowest BCUT2D eigenvalue weighted by atomic mass is 10.1. The number of halogens is 1. The van der Waals surface area contributed by atoms with Gasteiger partial charge in [-0.1, -0.05) is 11.6 Å². The number of aryl methyl sites for hydroxylation is 1.